The van der Waals surface area contributed by atoms with Crippen LogP contribution in [0.2, 0.25) is 0 Å². The maximum Gasteiger partial charge on any atom is 0.247 e. The molecule has 1 aromatic carbocycles. The van der Waals surface area contributed by atoms with Gasteiger partial charge in [0.25, 0.3) is 0 Å². The van der Waals surface area contributed by atoms with Crippen LogP contribution in [0.3, 0.4) is 0 Å². The number of hydrogen-bond donors (Lipinski definition) is 2. The quantitative estimate of drug-likeness (QED) is 0.760. The molecule has 0 aliphatic carbocycles. The Morgan fingerprint density at radius 2 is 2.17 bits per heavy atom. The molecule has 0 atom stereocenters. The lowest BCUT2D eigenvalue weighted by Gasteiger charge is -2.11. The average Bonchev–Trinajstić information content (AvgIpc) is 3.02. The summed E-state index contributed by atoms with van der Waals surface area (Å²) in [5, 5.41) is 13.4. The molecule has 7 heteroatoms. The molecule has 2 aromatic rings. The van der Waals surface area contributed by atoms with Crippen LogP contribution in [0.4, 0.5) is 5.69 Å². The van der Waals surface area contributed by atoms with Crippen LogP contribution < -0.4 is 10.6 Å². The second-order valence-electron chi connectivity index (χ2n) is 5.60. The summed E-state index contributed by atoms with van der Waals surface area (Å²) >= 11 is 0. The summed E-state index contributed by atoms with van der Waals surface area (Å²) in [4.78, 5) is 23.4. The number of carbonyl (C=O) groups excluding carboxylic acids is 2. The van der Waals surface area contributed by atoms with Crippen molar-refractivity contribution >= 4 is 17.5 Å². The molecule has 2 amide bonds. The van der Waals surface area contributed by atoms with Gasteiger partial charge in [-0.3, -0.25) is 9.59 Å². The van der Waals surface area contributed by atoms with Crippen molar-refractivity contribution in [2.45, 2.75) is 32.9 Å². The van der Waals surface area contributed by atoms with Gasteiger partial charge in [0, 0.05) is 11.7 Å². The Balaban J connectivity index is 1.92. The summed E-state index contributed by atoms with van der Waals surface area (Å²) in [5.74, 6) is 0.301. The van der Waals surface area contributed by atoms with Crippen LogP contribution in [-0.2, 0) is 22.6 Å². The molecule has 0 spiro atoms. The summed E-state index contributed by atoms with van der Waals surface area (Å²) in [6.45, 7) is 7.78. The molecule has 0 bridgehead atoms. The van der Waals surface area contributed by atoms with Crippen LogP contribution >= 0.6 is 0 Å². The van der Waals surface area contributed by atoms with E-state index in [9.17, 15) is 9.59 Å². The van der Waals surface area contributed by atoms with Crippen molar-refractivity contribution in [3.8, 4) is 0 Å². The number of hydrogen-bond acceptors (Lipinski definition) is 4. The van der Waals surface area contributed by atoms with E-state index in [1.54, 1.807) is 24.5 Å². The third-order valence-corrected chi connectivity index (χ3v) is 3.39. The highest BCUT2D eigenvalue weighted by atomic mass is 16.2. The van der Waals surface area contributed by atoms with E-state index >= 15 is 0 Å². The molecule has 0 radical (unpaired) electrons. The van der Waals surface area contributed by atoms with E-state index in [2.05, 4.69) is 27.4 Å². The van der Waals surface area contributed by atoms with E-state index in [4.69, 9.17) is 0 Å². The van der Waals surface area contributed by atoms with Crippen LogP contribution in [0.15, 0.2) is 43.2 Å². The fourth-order valence-corrected chi connectivity index (χ4v) is 2.20. The molecule has 0 unspecified atom stereocenters. The lowest BCUT2D eigenvalue weighted by atomic mass is 10.1. The predicted octanol–water partition coefficient (Wildman–Crippen LogP) is 1.84. The summed E-state index contributed by atoms with van der Waals surface area (Å²) < 4.78 is 1.91. The molecule has 0 aliphatic rings. The minimum Gasteiger partial charge on any atom is -0.349 e. The summed E-state index contributed by atoms with van der Waals surface area (Å²) in [6.07, 6.45) is 3.07. The van der Waals surface area contributed by atoms with Gasteiger partial charge in [0.05, 0.1) is 13.0 Å². The number of benzene rings is 1. The van der Waals surface area contributed by atoms with Gasteiger partial charge >= 0.3 is 0 Å². The van der Waals surface area contributed by atoms with Crippen molar-refractivity contribution in [2.75, 3.05) is 5.32 Å². The molecular formula is C17H21N5O2. The molecule has 0 fully saturated rings. The number of carbonyl (C=O) groups is 2. The molecule has 1 heterocycles. The molecule has 2 N–H and O–H groups in total. The first-order valence-corrected chi connectivity index (χ1v) is 7.67. The molecule has 24 heavy (non-hydrogen) atoms. The largest absolute Gasteiger partial charge is 0.349 e. The Hall–Kier alpha value is -2.96. The smallest absolute Gasteiger partial charge is 0.247 e. The standard InChI is InChI=1S/C17H21N5O2/c1-4-16(23)20-14-7-5-6-13(8-14)9-17(24)18-10-15-21-19-11-22(15)12(2)3/h4-8,11-12H,1,9-10H2,2-3H3,(H,18,24)(H,20,23). The lowest BCUT2D eigenvalue weighted by Crippen LogP contribution is -2.26. The second kappa shape index (κ2) is 8.05. The van der Waals surface area contributed by atoms with Crippen molar-refractivity contribution < 1.29 is 9.59 Å². The molecule has 0 aliphatic heterocycles. The third-order valence-electron chi connectivity index (χ3n) is 3.39. The van der Waals surface area contributed by atoms with Gasteiger partial charge in [0.15, 0.2) is 5.82 Å². The Bertz CT molecular complexity index is 736. The van der Waals surface area contributed by atoms with Gasteiger partial charge in [-0.1, -0.05) is 18.7 Å². The van der Waals surface area contributed by atoms with Gasteiger partial charge in [-0.05, 0) is 37.6 Å². The Kier molecular flexibility index (Phi) is 5.83. The molecule has 2 rings (SSSR count). The number of anilines is 1. The summed E-state index contributed by atoms with van der Waals surface area (Å²) in [7, 11) is 0. The molecular weight excluding hydrogens is 306 g/mol. The second-order valence-corrected chi connectivity index (χ2v) is 5.60. The Morgan fingerprint density at radius 1 is 1.38 bits per heavy atom. The van der Waals surface area contributed by atoms with Crippen molar-refractivity contribution in [1.82, 2.24) is 20.1 Å². The van der Waals surface area contributed by atoms with E-state index < -0.39 is 0 Å². The van der Waals surface area contributed by atoms with Gasteiger partial charge in [-0.2, -0.15) is 0 Å². The van der Waals surface area contributed by atoms with Crippen LogP contribution in [0, 0.1) is 0 Å². The number of aromatic nitrogens is 3. The van der Waals surface area contributed by atoms with Crippen LogP contribution in [-0.4, -0.2) is 26.6 Å². The van der Waals surface area contributed by atoms with Gasteiger partial charge in [0.2, 0.25) is 11.8 Å². The van der Waals surface area contributed by atoms with Crippen molar-refractivity contribution in [1.29, 1.82) is 0 Å². The normalized spacial score (nSPS) is 10.5. The minimum absolute atomic E-state index is 0.125. The molecule has 1 aromatic heterocycles. The number of rotatable bonds is 7. The summed E-state index contributed by atoms with van der Waals surface area (Å²) in [5.41, 5.74) is 1.43. The zero-order valence-electron chi connectivity index (χ0n) is 13.8. The summed E-state index contributed by atoms with van der Waals surface area (Å²) in [6, 6.07) is 7.37. The van der Waals surface area contributed by atoms with E-state index in [1.807, 2.05) is 24.5 Å². The van der Waals surface area contributed by atoms with E-state index in [0.717, 1.165) is 5.56 Å². The molecule has 126 valence electrons. The molecule has 0 saturated heterocycles. The lowest BCUT2D eigenvalue weighted by molar-refractivity contribution is -0.120. The topological polar surface area (TPSA) is 88.9 Å². The number of nitrogens with zero attached hydrogens (tertiary/aromatic N) is 3. The first-order chi connectivity index (χ1) is 11.5. The molecule has 7 nitrogen and oxygen atoms in total. The Morgan fingerprint density at radius 3 is 2.88 bits per heavy atom. The fourth-order valence-electron chi connectivity index (χ4n) is 2.20. The maximum atomic E-state index is 12.1. The zero-order chi connectivity index (χ0) is 17.5. The predicted molar refractivity (Wildman–Crippen MR) is 91.2 cm³/mol. The van der Waals surface area contributed by atoms with Crippen LogP contribution in [0.25, 0.3) is 0 Å². The van der Waals surface area contributed by atoms with Crippen molar-refractivity contribution in [3.05, 3.63) is 54.6 Å². The van der Waals surface area contributed by atoms with Crippen LogP contribution in [0.1, 0.15) is 31.3 Å². The van der Waals surface area contributed by atoms with E-state index in [-0.39, 0.29) is 24.3 Å². The SMILES string of the molecule is C=CC(=O)Nc1cccc(CC(=O)NCc2nncn2C(C)C)c1. The Labute approximate surface area is 140 Å². The van der Waals surface area contributed by atoms with Gasteiger partial charge < -0.3 is 15.2 Å². The number of amides is 2. The average molecular weight is 327 g/mol. The highest BCUT2D eigenvalue weighted by Crippen LogP contribution is 2.11. The van der Waals surface area contributed by atoms with E-state index in [1.165, 1.54) is 6.08 Å². The minimum atomic E-state index is -0.287. The monoisotopic (exact) mass is 327 g/mol. The van der Waals surface area contributed by atoms with Gasteiger partial charge in [-0.25, -0.2) is 0 Å². The maximum absolute atomic E-state index is 12.1. The van der Waals surface area contributed by atoms with Crippen LogP contribution in [0.5, 0.6) is 0 Å². The van der Waals surface area contributed by atoms with Gasteiger partial charge in [0.1, 0.15) is 6.33 Å². The highest BCUT2D eigenvalue weighted by molar-refractivity contribution is 5.98. The van der Waals surface area contributed by atoms with Gasteiger partial charge in [-0.15, -0.1) is 10.2 Å². The molecule has 0 saturated carbocycles. The number of nitrogens with one attached hydrogen (secondary N) is 2. The first-order valence-electron chi connectivity index (χ1n) is 7.67. The fraction of sp³-hybridized carbons (Fsp3) is 0.294. The first kappa shape index (κ1) is 17.4. The van der Waals surface area contributed by atoms with E-state index in [0.29, 0.717) is 18.1 Å². The zero-order valence-corrected chi connectivity index (χ0v) is 13.8. The van der Waals surface area contributed by atoms with Crippen molar-refractivity contribution in [2.24, 2.45) is 0 Å². The third kappa shape index (κ3) is 4.77. The van der Waals surface area contributed by atoms with Crippen molar-refractivity contribution in [3.63, 3.8) is 0 Å². The highest BCUT2D eigenvalue weighted by Gasteiger charge is 2.10.